The standard InChI is InChI=1S/C17H19NO/c1-13(2)14-8-10-16(11-9-14)18-12-17(19)15-6-4-3-5-7-15/h3-11,13,18H,12H2,1-2H3. The third-order valence-electron chi connectivity index (χ3n) is 3.13. The van der Waals surface area contributed by atoms with Crippen molar-refractivity contribution in [2.24, 2.45) is 0 Å². The fraction of sp³-hybridized carbons (Fsp3) is 0.235. The molecule has 0 heterocycles. The summed E-state index contributed by atoms with van der Waals surface area (Å²) in [4.78, 5) is 11.9. The van der Waals surface area contributed by atoms with Gasteiger partial charge in [0.2, 0.25) is 0 Å². The average Bonchev–Trinajstić information content (AvgIpc) is 2.46. The minimum atomic E-state index is 0.105. The van der Waals surface area contributed by atoms with Crippen molar-refractivity contribution < 1.29 is 4.79 Å². The Bertz CT molecular complexity index is 529. The molecule has 0 bridgehead atoms. The number of ketones is 1. The van der Waals surface area contributed by atoms with Crippen LogP contribution < -0.4 is 5.32 Å². The summed E-state index contributed by atoms with van der Waals surface area (Å²) >= 11 is 0. The van der Waals surface area contributed by atoms with Gasteiger partial charge in [-0.2, -0.15) is 0 Å². The Morgan fingerprint density at radius 3 is 2.21 bits per heavy atom. The molecule has 19 heavy (non-hydrogen) atoms. The van der Waals surface area contributed by atoms with Gasteiger partial charge in [-0.05, 0) is 23.6 Å². The van der Waals surface area contributed by atoms with Crippen molar-refractivity contribution in [1.29, 1.82) is 0 Å². The van der Waals surface area contributed by atoms with Gasteiger partial charge in [-0.25, -0.2) is 0 Å². The van der Waals surface area contributed by atoms with Gasteiger partial charge >= 0.3 is 0 Å². The molecule has 0 aliphatic heterocycles. The number of nitrogens with one attached hydrogen (secondary N) is 1. The van der Waals surface area contributed by atoms with Crippen molar-refractivity contribution in [1.82, 2.24) is 0 Å². The molecule has 0 aliphatic carbocycles. The molecule has 0 amide bonds. The highest BCUT2D eigenvalue weighted by Gasteiger charge is 2.04. The van der Waals surface area contributed by atoms with Gasteiger partial charge in [0.15, 0.2) is 5.78 Å². The molecule has 0 saturated heterocycles. The van der Waals surface area contributed by atoms with Crippen LogP contribution in [0.3, 0.4) is 0 Å². The van der Waals surface area contributed by atoms with Crippen LogP contribution in [-0.2, 0) is 0 Å². The van der Waals surface area contributed by atoms with E-state index in [4.69, 9.17) is 0 Å². The van der Waals surface area contributed by atoms with Gasteiger partial charge in [0.05, 0.1) is 6.54 Å². The predicted molar refractivity (Wildman–Crippen MR) is 79.8 cm³/mol. The van der Waals surface area contributed by atoms with Gasteiger partial charge < -0.3 is 5.32 Å². The van der Waals surface area contributed by atoms with Crippen LogP contribution in [0.2, 0.25) is 0 Å². The number of rotatable bonds is 5. The fourth-order valence-corrected chi connectivity index (χ4v) is 1.89. The first-order valence-corrected chi connectivity index (χ1v) is 6.59. The van der Waals surface area contributed by atoms with Crippen LogP contribution in [-0.4, -0.2) is 12.3 Å². The molecule has 0 spiro atoms. The van der Waals surface area contributed by atoms with E-state index < -0.39 is 0 Å². The Morgan fingerprint density at radius 1 is 1.00 bits per heavy atom. The molecular formula is C17H19NO. The van der Waals surface area contributed by atoms with Crippen LogP contribution in [0.15, 0.2) is 54.6 Å². The molecule has 98 valence electrons. The summed E-state index contributed by atoms with van der Waals surface area (Å²) in [7, 11) is 0. The van der Waals surface area contributed by atoms with Gasteiger partial charge in [-0.15, -0.1) is 0 Å². The van der Waals surface area contributed by atoms with E-state index in [0.29, 0.717) is 12.5 Å². The second kappa shape index (κ2) is 6.19. The van der Waals surface area contributed by atoms with Crippen molar-refractivity contribution in [3.8, 4) is 0 Å². The van der Waals surface area contributed by atoms with Gasteiger partial charge in [0.1, 0.15) is 0 Å². The Morgan fingerprint density at radius 2 is 1.63 bits per heavy atom. The maximum Gasteiger partial charge on any atom is 0.181 e. The first-order chi connectivity index (χ1) is 9.16. The molecule has 2 aromatic rings. The molecule has 2 heteroatoms. The largest absolute Gasteiger partial charge is 0.378 e. The van der Waals surface area contributed by atoms with E-state index >= 15 is 0 Å². The molecular weight excluding hydrogens is 234 g/mol. The van der Waals surface area contributed by atoms with Crippen LogP contribution in [0.25, 0.3) is 0 Å². The van der Waals surface area contributed by atoms with E-state index in [1.54, 1.807) is 0 Å². The van der Waals surface area contributed by atoms with Crippen LogP contribution in [0.5, 0.6) is 0 Å². The quantitative estimate of drug-likeness (QED) is 0.813. The molecule has 2 aromatic carbocycles. The molecule has 0 aliphatic rings. The van der Waals surface area contributed by atoms with Gasteiger partial charge in [0, 0.05) is 11.3 Å². The number of carbonyl (C=O) groups excluding carboxylic acids is 1. The third kappa shape index (κ3) is 3.68. The zero-order valence-corrected chi connectivity index (χ0v) is 11.4. The summed E-state index contributed by atoms with van der Waals surface area (Å²) in [6.07, 6.45) is 0. The maximum absolute atomic E-state index is 11.9. The molecule has 0 fully saturated rings. The van der Waals surface area contributed by atoms with Crippen LogP contribution in [0.1, 0.15) is 35.7 Å². The van der Waals surface area contributed by atoms with Crippen molar-refractivity contribution in [3.63, 3.8) is 0 Å². The van der Waals surface area contributed by atoms with E-state index in [1.165, 1.54) is 5.56 Å². The van der Waals surface area contributed by atoms with Gasteiger partial charge in [-0.3, -0.25) is 4.79 Å². The minimum Gasteiger partial charge on any atom is -0.378 e. The second-order valence-electron chi connectivity index (χ2n) is 4.92. The number of hydrogen-bond acceptors (Lipinski definition) is 2. The lowest BCUT2D eigenvalue weighted by Crippen LogP contribution is -2.13. The summed E-state index contributed by atoms with van der Waals surface area (Å²) in [6, 6.07) is 17.6. The normalized spacial score (nSPS) is 10.5. The first kappa shape index (κ1) is 13.3. The Hall–Kier alpha value is -2.09. The summed E-state index contributed by atoms with van der Waals surface area (Å²) in [6.45, 7) is 4.66. The lowest BCUT2D eigenvalue weighted by atomic mass is 10.0. The van der Waals surface area contributed by atoms with Crippen molar-refractivity contribution in [2.45, 2.75) is 19.8 Å². The average molecular weight is 253 g/mol. The van der Waals surface area contributed by atoms with Gasteiger partial charge in [-0.1, -0.05) is 56.3 Å². The Labute approximate surface area is 114 Å². The number of carbonyl (C=O) groups is 1. The van der Waals surface area contributed by atoms with E-state index in [1.807, 2.05) is 42.5 Å². The highest BCUT2D eigenvalue weighted by atomic mass is 16.1. The highest BCUT2D eigenvalue weighted by molar-refractivity contribution is 5.98. The Balaban J connectivity index is 1.94. The zero-order valence-electron chi connectivity index (χ0n) is 11.4. The fourth-order valence-electron chi connectivity index (χ4n) is 1.89. The van der Waals surface area contributed by atoms with Crippen molar-refractivity contribution in [2.75, 3.05) is 11.9 Å². The summed E-state index contributed by atoms with van der Waals surface area (Å²) in [5, 5.41) is 3.16. The van der Waals surface area contributed by atoms with Crippen LogP contribution in [0.4, 0.5) is 5.69 Å². The number of hydrogen-bond donors (Lipinski definition) is 1. The van der Waals surface area contributed by atoms with Crippen LogP contribution >= 0.6 is 0 Å². The topological polar surface area (TPSA) is 29.1 Å². The SMILES string of the molecule is CC(C)c1ccc(NCC(=O)c2ccccc2)cc1. The third-order valence-corrected chi connectivity index (χ3v) is 3.13. The molecule has 0 atom stereocenters. The van der Waals surface area contributed by atoms with Gasteiger partial charge in [0.25, 0.3) is 0 Å². The van der Waals surface area contributed by atoms with Crippen molar-refractivity contribution >= 4 is 11.5 Å². The highest BCUT2D eigenvalue weighted by Crippen LogP contribution is 2.17. The molecule has 2 rings (SSSR count). The predicted octanol–water partition coefficient (Wildman–Crippen LogP) is 4.10. The van der Waals surface area contributed by atoms with E-state index in [9.17, 15) is 4.79 Å². The molecule has 0 unspecified atom stereocenters. The smallest absolute Gasteiger partial charge is 0.181 e. The van der Waals surface area contributed by atoms with E-state index in [-0.39, 0.29) is 5.78 Å². The molecule has 1 N–H and O–H groups in total. The van der Waals surface area contributed by atoms with E-state index in [2.05, 4.69) is 31.3 Å². The lowest BCUT2D eigenvalue weighted by Gasteiger charge is -2.09. The maximum atomic E-state index is 11.9. The summed E-state index contributed by atoms with van der Waals surface area (Å²) < 4.78 is 0. The monoisotopic (exact) mass is 253 g/mol. The first-order valence-electron chi connectivity index (χ1n) is 6.59. The number of anilines is 1. The molecule has 0 radical (unpaired) electrons. The van der Waals surface area contributed by atoms with Crippen molar-refractivity contribution in [3.05, 3.63) is 65.7 Å². The number of Topliss-reactive ketones (excluding diaryl/α,β-unsaturated/α-hetero) is 1. The van der Waals surface area contributed by atoms with Crippen LogP contribution in [0, 0.1) is 0 Å². The lowest BCUT2D eigenvalue weighted by molar-refractivity contribution is 0.101. The molecule has 0 saturated carbocycles. The number of benzene rings is 2. The Kier molecular flexibility index (Phi) is 4.35. The summed E-state index contributed by atoms with van der Waals surface area (Å²) in [5.74, 6) is 0.633. The minimum absolute atomic E-state index is 0.105. The molecule has 0 aromatic heterocycles. The zero-order chi connectivity index (χ0) is 13.7. The van der Waals surface area contributed by atoms with E-state index in [0.717, 1.165) is 11.3 Å². The molecule has 2 nitrogen and oxygen atoms in total. The second-order valence-corrected chi connectivity index (χ2v) is 4.92. The summed E-state index contributed by atoms with van der Waals surface area (Å²) in [5.41, 5.74) is 3.03.